The van der Waals surface area contributed by atoms with Gasteiger partial charge in [-0.25, -0.2) is 4.79 Å². The summed E-state index contributed by atoms with van der Waals surface area (Å²) in [7, 11) is 0. The van der Waals surface area contributed by atoms with E-state index in [2.05, 4.69) is 10.4 Å². The summed E-state index contributed by atoms with van der Waals surface area (Å²) in [5.74, 6) is -0.325. The molecule has 0 fully saturated rings. The van der Waals surface area contributed by atoms with Gasteiger partial charge in [0, 0.05) is 0 Å². The molecular weight excluding hydrogens is 370 g/mol. The molecule has 2 heterocycles. The Morgan fingerprint density at radius 1 is 1.17 bits per heavy atom. The van der Waals surface area contributed by atoms with Crippen molar-refractivity contribution in [2.45, 2.75) is 40.3 Å². The number of esters is 1. The van der Waals surface area contributed by atoms with E-state index in [0.29, 0.717) is 29.3 Å². The number of benzene rings is 1. The van der Waals surface area contributed by atoms with Gasteiger partial charge in [-0.2, -0.15) is 5.10 Å². The minimum atomic E-state index is -0.559. The quantitative estimate of drug-likeness (QED) is 0.619. The molecule has 1 aromatic carbocycles. The number of carbonyl (C=O) groups excluding carboxylic acids is 2. The molecule has 0 aliphatic carbocycles. The van der Waals surface area contributed by atoms with Gasteiger partial charge >= 0.3 is 5.97 Å². The molecule has 7 nitrogen and oxygen atoms in total. The zero-order valence-corrected chi connectivity index (χ0v) is 17.1. The van der Waals surface area contributed by atoms with Gasteiger partial charge in [-0.15, -0.1) is 0 Å². The van der Waals surface area contributed by atoms with Crippen molar-refractivity contribution < 1.29 is 18.7 Å². The number of aryl methyl sites for hydroxylation is 2. The number of furan rings is 1. The first-order valence-corrected chi connectivity index (χ1v) is 9.44. The topological polar surface area (TPSA) is 86.4 Å². The van der Waals surface area contributed by atoms with Crippen LogP contribution in [-0.4, -0.2) is 28.3 Å². The SMILES string of the molecule is Cc1ccc(Cn2nc(C)c(C(=O)OCC(=O)N[C@@H](C)c3ccco3)c2C)cc1. The number of aromatic nitrogens is 2. The number of hydrogen-bond acceptors (Lipinski definition) is 5. The van der Waals surface area contributed by atoms with E-state index in [1.165, 1.54) is 11.8 Å². The lowest BCUT2D eigenvalue weighted by Gasteiger charge is -2.11. The molecule has 0 saturated carbocycles. The van der Waals surface area contributed by atoms with Gasteiger partial charge in [-0.3, -0.25) is 9.48 Å². The average Bonchev–Trinajstić information content (AvgIpc) is 3.31. The molecule has 152 valence electrons. The van der Waals surface area contributed by atoms with Gasteiger partial charge in [-0.05, 0) is 45.4 Å². The Balaban J connectivity index is 1.61. The Kier molecular flexibility index (Phi) is 6.16. The number of ether oxygens (including phenoxy) is 1. The smallest absolute Gasteiger partial charge is 0.342 e. The van der Waals surface area contributed by atoms with Gasteiger partial charge < -0.3 is 14.5 Å². The molecule has 3 aromatic rings. The van der Waals surface area contributed by atoms with E-state index >= 15 is 0 Å². The van der Waals surface area contributed by atoms with E-state index in [9.17, 15) is 9.59 Å². The highest BCUT2D eigenvalue weighted by Gasteiger charge is 2.21. The lowest BCUT2D eigenvalue weighted by atomic mass is 10.1. The van der Waals surface area contributed by atoms with E-state index < -0.39 is 11.9 Å². The monoisotopic (exact) mass is 395 g/mol. The van der Waals surface area contributed by atoms with Gasteiger partial charge in [-0.1, -0.05) is 29.8 Å². The summed E-state index contributed by atoms with van der Waals surface area (Å²) in [5.41, 5.74) is 3.95. The third-order valence-corrected chi connectivity index (χ3v) is 4.72. The largest absolute Gasteiger partial charge is 0.467 e. The Bertz CT molecular complexity index is 988. The maximum atomic E-state index is 12.5. The molecule has 0 aliphatic rings. The van der Waals surface area contributed by atoms with Crippen LogP contribution in [0.1, 0.15) is 51.6 Å². The Hall–Kier alpha value is -3.35. The molecule has 1 amide bonds. The van der Waals surface area contributed by atoms with Crippen LogP contribution < -0.4 is 5.32 Å². The molecule has 29 heavy (non-hydrogen) atoms. The normalized spacial score (nSPS) is 11.9. The van der Waals surface area contributed by atoms with E-state index in [4.69, 9.17) is 9.15 Å². The first-order chi connectivity index (χ1) is 13.8. The second kappa shape index (κ2) is 8.77. The molecule has 7 heteroatoms. The van der Waals surface area contributed by atoms with Crippen molar-refractivity contribution in [3.63, 3.8) is 0 Å². The third kappa shape index (κ3) is 4.93. The summed E-state index contributed by atoms with van der Waals surface area (Å²) in [5, 5.41) is 7.19. The zero-order valence-electron chi connectivity index (χ0n) is 17.1. The molecule has 0 aliphatic heterocycles. The number of hydrogen-bond donors (Lipinski definition) is 1. The predicted molar refractivity (Wildman–Crippen MR) is 108 cm³/mol. The van der Waals surface area contributed by atoms with Gasteiger partial charge in [0.05, 0.1) is 30.2 Å². The molecule has 0 radical (unpaired) electrons. The molecule has 2 aromatic heterocycles. The number of nitrogens with one attached hydrogen (secondary N) is 1. The lowest BCUT2D eigenvalue weighted by Crippen LogP contribution is -2.31. The van der Waals surface area contributed by atoms with Crippen molar-refractivity contribution in [2.24, 2.45) is 0 Å². The molecule has 1 N–H and O–H groups in total. The van der Waals surface area contributed by atoms with Crippen LogP contribution in [0.3, 0.4) is 0 Å². The Labute approximate surface area is 169 Å². The van der Waals surface area contributed by atoms with Crippen LogP contribution in [-0.2, 0) is 16.1 Å². The second-order valence-corrected chi connectivity index (χ2v) is 7.07. The van der Waals surface area contributed by atoms with Gasteiger partial charge in [0.15, 0.2) is 6.61 Å². The van der Waals surface area contributed by atoms with Crippen molar-refractivity contribution in [3.05, 3.63) is 76.5 Å². The number of nitrogens with zero attached hydrogens (tertiary/aromatic N) is 2. The third-order valence-electron chi connectivity index (χ3n) is 4.72. The van der Waals surface area contributed by atoms with Gasteiger partial charge in [0.25, 0.3) is 5.91 Å². The molecular formula is C22H25N3O4. The first-order valence-electron chi connectivity index (χ1n) is 9.44. The fraction of sp³-hybridized carbons (Fsp3) is 0.318. The number of amides is 1. The summed E-state index contributed by atoms with van der Waals surface area (Å²) in [6.07, 6.45) is 1.54. The molecule has 0 bridgehead atoms. The van der Waals surface area contributed by atoms with Crippen molar-refractivity contribution in [3.8, 4) is 0 Å². The number of carbonyl (C=O) groups is 2. The molecule has 0 saturated heterocycles. The lowest BCUT2D eigenvalue weighted by molar-refractivity contribution is -0.125. The van der Waals surface area contributed by atoms with E-state index in [1.807, 2.05) is 38.1 Å². The van der Waals surface area contributed by atoms with Crippen LogP contribution in [0, 0.1) is 20.8 Å². The highest BCUT2D eigenvalue weighted by Crippen LogP contribution is 2.17. The van der Waals surface area contributed by atoms with Crippen LogP contribution in [0.25, 0.3) is 0 Å². The van der Waals surface area contributed by atoms with Crippen molar-refractivity contribution in [1.82, 2.24) is 15.1 Å². The highest BCUT2D eigenvalue weighted by atomic mass is 16.5. The molecule has 0 spiro atoms. The van der Waals surface area contributed by atoms with E-state index in [1.54, 1.807) is 30.7 Å². The van der Waals surface area contributed by atoms with Crippen LogP contribution in [0.2, 0.25) is 0 Å². The number of rotatable bonds is 7. The standard InChI is InChI=1S/C22H25N3O4/c1-14-7-9-18(10-8-14)12-25-17(4)21(16(3)24-25)22(27)29-13-20(26)23-15(2)19-6-5-11-28-19/h5-11,15H,12-13H2,1-4H3,(H,23,26)/t15-/m0/s1. The summed E-state index contributed by atoms with van der Waals surface area (Å²) in [6.45, 7) is 7.60. The van der Waals surface area contributed by atoms with Crippen LogP contribution in [0.4, 0.5) is 0 Å². The fourth-order valence-corrected chi connectivity index (χ4v) is 3.11. The van der Waals surface area contributed by atoms with Crippen LogP contribution in [0.5, 0.6) is 0 Å². The molecule has 0 unspecified atom stereocenters. The average molecular weight is 395 g/mol. The minimum Gasteiger partial charge on any atom is -0.467 e. The second-order valence-electron chi connectivity index (χ2n) is 7.07. The van der Waals surface area contributed by atoms with Crippen LogP contribution in [0.15, 0.2) is 47.1 Å². The minimum absolute atomic E-state index is 0.308. The predicted octanol–water partition coefficient (Wildman–Crippen LogP) is 3.48. The van der Waals surface area contributed by atoms with Gasteiger partial charge in [0.2, 0.25) is 0 Å². The fourth-order valence-electron chi connectivity index (χ4n) is 3.11. The molecule has 1 atom stereocenters. The van der Waals surface area contributed by atoms with E-state index in [-0.39, 0.29) is 12.6 Å². The summed E-state index contributed by atoms with van der Waals surface area (Å²) in [4.78, 5) is 24.6. The van der Waals surface area contributed by atoms with E-state index in [0.717, 1.165) is 5.56 Å². The van der Waals surface area contributed by atoms with Crippen molar-refractivity contribution in [2.75, 3.05) is 6.61 Å². The van der Waals surface area contributed by atoms with Crippen molar-refractivity contribution in [1.29, 1.82) is 0 Å². The Morgan fingerprint density at radius 3 is 2.55 bits per heavy atom. The summed E-state index contributed by atoms with van der Waals surface area (Å²) < 4.78 is 12.2. The molecule has 3 rings (SSSR count). The Morgan fingerprint density at radius 2 is 1.90 bits per heavy atom. The maximum absolute atomic E-state index is 12.5. The summed E-state index contributed by atoms with van der Waals surface area (Å²) >= 11 is 0. The zero-order chi connectivity index (χ0) is 21.0. The highest BCUT2D eigenvalue weighted by molar-refractivity contribution is 5.93. The van der Waals surface area contributed by atoms with Crippen LogP contribution >= 0.6 is 0 Å². The summed E-state index contributed by atoms with van der Waals surface area (Å²) in [6, 6.07) is 11.4. The first kappa shape index (κ1) is 20.4. The van der Waals surface area contributed by atoms with Crippen molar-refractivity contribution >= 4 is 11.9 Å². The maximum Gasteiger partial charge on any atom is 0.342 e. The van der Waals surface area contributed by atoms with Gasteiger partial charge in [0.1, 0.15) is 11.3 Å².